The Bertz CT molecular complexity index is 393. The number of hydrogen-bond acceptors (Lipinski definition) is 3. The first-order valence-corrected chi connectivity index (χ1v) is 5.30. The van der Waals surface area contributed by atoms with Gasteiger partial charge in [0, 0.05) is 13.5 Å². The minimum Gasteiger partial charge on any atom is -0.368 e. The Hall–Kier alpha value is -1.39. The van der Waals surface area contributed by atoms with Crippen LogP contribution in [0, 0.1) is 0 Å². The van der Waals surface area contributed by atoms with Crippen LogP contribution >= 0.6 is 0 Å². The van der Waals surface area contributed by atoms with Gasteiger partial charge < -0.3 is 5.73 Å². The number of nitrogens with two attached hydrogens (primary N) is 1. The molecule has 2 atom stereocenters. The highest BCUT2D eigenvalue weighted by molar-refractivity contribution is 5.80. The fraction of sp³-hybridized carbons (Fsp3) is 0.417. The smallest absolute Gasteiger partial charge is 0.237 e. The Morgan fingerprint density at radius 1 is 1.50 bits per heavy atom. The second-order valence-electron chi connectivity index (χ2n) is 4.36. The molecule has 4 nitrogen and oxygen atoms in total. The fourth-order valence-corrected chi connectivity index (χ4v) is 2.16. The SMILES string of the molecule is CN1OC(C)(c2ccccc2)CC1C(N)=O. The van der Waals surface area contributed by atoms with Crippen LogP contribution in [0.3, 0.4) is 0 Å². The summed E-state index contributed by atoms with van der Waals surface area (Å²) in [6.45, 7) is 1.97. The number of hydroxylamine groups is 2. The summed E-state index contributed by atoms with van der Waals surface area (Å²) in [7, 11) is 1.74. The Balaban J connectivity index is 2.26. The van der Waals surface area contributed by atoms with E-state index in [1.165, 1.54) is 0 Å². The van der Waals surface area contributed by atoms with Crippen LogP contribution in [0.2, 0.25) is 0 Å². The van der Waals surface area contributed by atoms with E-state index in [9.17, 15) is 4.79 Å². The van der Waals surface area contributed by atoms with Crippen molar-refractivity contribution in [3.63, 3.8) is 0 Å². The van der Waals surface area contributed by atoms with Crippen molar-refractivity contribution in [1.29, 1.82) is 0 Å². The molecule has 1 fully saturated rings. The zero-order valence-electron chi connectivity index (χ0n) is 9.51. The van der Waals surface area contributed by atoms with E-state index >= 15 is 0 Å². The van der Waals surface area contributed by atoms with Crippen LogP contribution in [0.4, 0.5) is 0 Å². The summed E-state index contributed by atoms with van der Waals surface area (Å²) in [6.07, 6.45) is 0.586. The lowest BCUT2D eigenvalue weighted by Gasteiger charge is -2.23. The maximum atomic E-state index is 11.2. The molecule has 86 valence electrons. The zero-order chi connectivity index (χ0) is 11.8. The summed E-state index contributed by atoms with van der Waals surface area (Å²) in [4.78, 5) is 17.0. The van der Waals surface area contributed by atoms with Crippen molar-refractivity contribution < 1.29 is 9.63 Å². The lowest BCUT2D eigenvalue weighted by atomic mass is 9.90. The number of rotatable bonds is 2. The molecule has 0 bridgehead atoms. The molecule has 0 saturated carbocycles. The van der Waals surface area contributed by atoms with Crippen LogP contribution in [0.25, 0.3) is 0 Å². The van der Waals surface area contributed by atoms with Crippen molar-refractivity contribution >= 4 is 5.91 Å². The monoisotopic (exact) mass is 220 g/mol. The highest BCUT2D eigenvalue weighted by Gasteiger charge is 2.44. The van der Waals surface area contributed by atoms with Gasteiger partial charge in [0.1, 0.15) is 11.6 Å². The maximum Gasteiger partial charge on any atom is 0.237 e. The predicted molar refractivity (Wildman–Crippen MR) is 60.2 cm³/mol. The molecule has 2 unspecified atom stereocenters. The van der Waals surface area contributed by atoms with Gasteiger partial charge in [-0.3, -0.25) is 9.63 Å². The van der Waals surface area contributed by atoms with Crippen LogP contribution in [0.5, 0.6) is 0 Å². The van der Waals surface area contributed by atoms with Crippen LogP contribution in [0.1, 0.15) is 18.9 Å². The second-order valence-corrected chi connectivity index (χ2v) is 4.36. The molecule has 0 aliphatic carbocycles. The largest absolute Gasteiger partial charge is 0.368 e. The molecular formula is C12H16N2O2. The van der Waals surface area contributed by atoms with Crippen LogP contribution < -0.4 is 5.73 Å². The molecule has 1 aliphatic heterocycles. The summed E-state index contributed by atoms with van der Waals surface area (Å²) < 4.78 is 0. The van der Waals surface area contributed by atoms with Gasteiger partial charge in [-0.05, 0) is 12.5 Å². The number of nitrogens with zero attached hydrogens (tertiary/aromatic N) is 1. The third kappa shape index (κ3) is 1.81. The van der Waals surface area contributed by atoms with E-state index in [1.54, 1.807) is 12.1 Å². The van der Waals surface area contributed by atoms with Crippen molar-refractivity contribution in [2.24, 2.45) is 5.73 Å². The molecule has 0 radical (unpaired) electrons. The summed E-state index contributed by atoms with van der Waals surface area (Å²) in [5, 5.41) is 1.55. The fourth-order valence-electron chi connectivity index (χ4n) is 2.16. The van der Waals surface area contributed by atoms with Crippen molar-refractivity contribution in [3.05, 3.63) is 35.9 Å². The molecule has 1 amide bonds. The average Bonchev–Trinajstić information content (AvgIpc) is 2.57. The van der Waals surface area contributed by atoms with E-state index in [0.717, 1.165) is 5.56 Å². The highest BCUT2D eigenvalue weighted by Crippen LogP contribution is 2.38. The maximum absolute atomic E-state index is 11.2. The molecule has 0 spiro atoms. The van der Waals surface area contributed by atoms with E-state index in [-0.39, 0.29) is 11.9 Å². The number of likely N-dealkylation sites (N-methyl/N-ethyl adjacent to an activating group) is 1. The second kappa shape index (κ2) is 3.88. The highest BCUT2D eigenvalue weighted by atomic mass is 16.7. The topological polar surface area (TPSA) is 55.6 Å². The van der Waals surface area contributed by atoms with Gasteiger partial charge in [-0.2, -0.15) is 5.06 Å². The number of hydrogen-bond donors (Lipinski definition) is 1. The van der Waals surface area contributed by atoms with Gasteiger partial charge in [0.2, 0.25) is 5.91 Å². The van der Waals surface area contributed by atoms with E-state index in [1.807, 2.05) is 37.3 Å². The van der Waals surface area contributed by atoms with Crippen molar-refractivity contribution in [3.8, 4) is 0 Å². The molecule has 1 aromatic carbocycles. The van der Waals surface area contributed by atoms with Crippen LogP contribution in [-0.2, 0) is 15.2 Å². The number of carbonyl (C=O) groups excluding carboxylic acids is 1. The predicted octanol–water partition coefficient (Wildman–Crippen LogP) is 1.02. The van der Waals surface area contributed by atoms with Crippen molar-refractivity contribution in [2.45, 2.75) is 25.0 Å². The first-order chi connectivity index (χ1) is 7.53. The van der Waals surface area contributed by atoms with E-state index in [2.05, 4.69) is 0 Å². The van der Waals surface area contributed by atoms with E-state index in [4.69, 9.17) is 10.6 Å². The molecule has 1 heterocycles. The van der Waals surface area contributed by atoms with Gasteiger partial charge >= 0.3 is 0 Å². The molecule has 2 N–H and O–H groups in total. The van der Waals surface area contributed by atoms with Gasteiger partial charge in [0.05, 0.1) is 0 Å². The number of primary amides is 1. The van der Waals surface area contributed by atoms with Crippen LogP contribution in [-0.4, -0.2) is 24.1 Å². The quantitative estimate of drug-likeness (QED) is 0.809. The zero-order valence-corrected chi connectivity index (χ0v) is 9.51. The van der Waals surface area contributed by atoms with Gasteiger partial charge in [-0.25, -0.2) is 0 Å². The van der Waals surface area contributed by atoms with E-state index in [0.29, 0.717) is 6.42 Å². The van der Waals surface area contributed by atoms with Gasteiger partial charge in [-0.1, -0.05) is 30.3 Å². The summed E-state index contributed by atoms with van der Waals surface area (Å²) in [5.74, 6) is -0.345. The van der Waals surface area contributed by atoms with Gasteiger partial charge in [0.15, 0.2) is 0 Å². The van der Waals surface area contributed by atoms with Gasteiger partial charge in [-0.15, -0.1) is 0 Å². The molecule has 1 saturated heterocycles. The minimum atomic E-state index is -0.463. The standard InChI is InChI=1S/C12H16N2O2/c1-12(9-6-4-3-5-7-9)8-10(11(13)15)14(2)16-12/h3-7,10H,8H2,1-2H3,(H2,13,15). The van der Waals surface area contributed by atoms with Crippen molar-refractivity contribution in [1.82, 2.24) is 5.06 Å². The molecule has 1 aliphatic rings. The lowest BCUT2D eigenvalue weighted by molar-refractivity contribution is -0.188. The molecule has 4 heteroatoms. The van der Waals surface area contributed by atoms with E-state index < -0.39 is 5.60 Å². The van der Waals surface area contributed by atoms with Crippen molar-refractivity contribution in [2.75, 3.05) is 7.05 Å². The van der Waals surface area contributed by atoms with Crippen LogP contribution in [0.15, 0.2) is 30.3 Å². The van der Waals surface area contributed by atoms with Gasteiger partial charge in [0.25, 0.3) is 0 Å². The number of carbonyl (C=O) groups is 1. The Morgan fingerprint density at radius 3 is 2.62 bits per heavy atom. The molecular weight excluding hydrogens is 204 g/mol. The number of amides is 1. The first kappa shape index (κ1) is 11.1. The summed E-state index contributed by atoms with van der Waals surface area (Å²) >= 11 is 0. The first-order valence-electron chi connectivity index (χ1n) is 5.30. The minimum absolute atomic E-state index is 0.345. The normalized spacial score (nSPS) is 30.5. The molecule has 0 aromatic heterocycles. The lowest BCUT2D eigenvalue weighted by Crippen LogP contribution is -2.37. The Morgan fingerprint density at radius 2 is 2.12 bits per heavy atom. The Labute approximate surface area is 94.9 Å². The molecule has 16 heavy (non-hydrogen) atoms. The molecule has 1 aromatic rings. The third-order valence-corrected chi connectivity index (χ3v) is 3.08. The number of benzene rings is 1. The molecule has 2 rings (SSSR count). The average molecular weight is 220 g/mol. The third-order valence-electron chi connectivity index (χ3n) is 3.08. The Kier molecular flexibility index (Phi) is 2.69. The summed E-state index contributed by atoms with van der Waals surface area (Å²) in [5.41, 5.74) is 5.92. The summed E-state index contributed by atoms with van der Waals surface area (Å²) in [6, 6.07) is 9.51.